The van der Waals surface area contributed by atoms with Crippen molar-refractivity contribution in [1.29, 1.82) is 0 Å². The molecule has 0 bridgehead atoms. The number of carbonyl (C=O) groups excluding carboxylic acids is 2. The molecule has 170 valence electrons. The molecule has 3 N–H and O–H groups in total. The highest BCUT2D eigenvalue weighted by atomic mass is 19.4. The molecular formula is C22H22F3N3O4. The predicted molar refractivity (Wildman–Crippen MR) is 110 cm³/mol. The summed E-state index contributed by atoms with van der Waals surface area (Å²) >= 11 is 0. The monoisotopic (exact) mass is 449 g/mol. The van der Waals surface area contributed by atoms with Crippen LogP contribution in [-0.4, -0.2) is 22.8 Å². The highest BCUT2D eigenvalue weighted by molar-refractivity contribution is 5.94. The molecule has 3 rings (SSSR count). The van der Waals surface area contributed by atoms with Crippen LogP contribution in [-0.2, 0) is 11.0 Å². The van der Waals surface area contributed by atoms with E-state index < -0.39 is 34.4 Å². The van der Waals surface area contributed by atoms with Gasteiger partial charge in [-0.1, -0.05) is 37.5 Å². The molecule has 1 atom stereocenters. The summed E-state index contributed by atoms with van der Waals surface area (Å²) in [4.78, 5) is 35.0. The van der Waals surface area contributed by atoms with Crippen molar-refractivity contribution in [3.63, 3.8) is 0 Å². The number of amides is 2. The highest BCUT2D eigenvalue weighted by Crippen LogP contribution is 2.39. The van der Waals surface area contributed by atoms with Gasteiger partial charge in [-0.15, -0.1) is 0 Å². The van der Waals surface area contributed by atoms with Crippen molar-refractivity contribution in [2.45, 2.75) is 50.2 Å². The lowest BCUT2D eigenvalue weighted by Crippen LogP contribution is -2.40. The lowest BCUT2D eigenvalue weighted by molar-refractivity contribution is -0.384. The van der Waals surface area contributed by atoms with E-state index in [1.807, 2.05) is 0 Å². The van der Waals surface area contributed by atoms with Gasteiger partial charge in [-0.2, -0.15) is 13.2 Å². The maximum atomic E-state index is 13.9. The number of halogens is 3. The van der Waals surface area contributed by atoms with Crippen molar-refractivity contribution in [1.82, 2.24) is 5.32 Å². The van der Waals surface area contributed by atoms with Crippen LogP contribution in [0.4, 0.5) is 18.9 Å². The average Bonchev–Trinajstić information content (AvgIpc) is 2.74. The Morgan fingerprint density at radius 1 is 1.06 bits per heavy atom. The van der Waals surface area contributed by atoms with E-state index in [0.717, 1.165) is 56.4 Å². The van der Waals surface area contributed by atoms with Gasteiger partial charge < -0.3 is 11.1 Å². The Balaban J connectivity index is 2.10. The van der Waals surface area contributed by atoms with Crippen molar-refractivity contribution >= 4 is 17.5 Å². The number of primary amides is 1. The number of nitrogens with zero attached hydrogens (tertiary/aromatic N) is 1. The van der Waals surface area contributed by atoms with E-state index >= 15 is 0 Å². The van der Waals surface area contributed by atoms with Crippen molar-refractivity contribution in [3.8, 4) is 0 Å². The minimum absolute atomic E-state index is 0.156. The molecule has 0 spiro atoms. The molecule has 1 saturated carbocycles. The molecule has 1 unspecified atom stereocenters. The molecule has 0 aliphatic heterocycles. The van der Waals surface area contributed by atoms with Gasteiger partial charge in [0.05, 0.1) is 16.4 Å². The molecule has 1 aliphatic rings. The first-order chi connectivity index (χ1) is 15.1. The summed E-state index contributed by atoms with van der Waals surface area (Å²) in [6, 6.07) is 7.49. The topological polar surface area (TPSA) is 115 Å². The molecule has 2 amide bonds. The molecule has 7 nitrogen and oxygen atoms in total. The largest absolute Gasteiger partial charge is 0.416 e. The fourth-order valence-corrected chi connectivity index (χ4v) is 4.00. The third-order valence-electron chi connectivity index (χ3n) is 5.61. The van der Waals surface area contributed by atoms with Crippen LogP contribution >= 0.6 is 0 Å². The zero-order chi connectivity index (χ0) is 23.5. The maximum absolute atomic E-state index is 13.9. The number of nitrogens with two attached hydrogens (primary N) is 1. The van der Waals surface area contributed by atoms with Gasteiger partial charge in [0.2, 0.25) is 11.8 Å². The number of carbonyl (C=O) groups is 2. The number of benzene rings is 2. The van der Waals surface area contributed by atoms with E-state index in [2.05, 4.69) is 5.32 Å². The summed E-state index contributed by atoms with van der Waals surface area (Å²) < 4.78 is 41.7. The Morgan fingerprint density at radius 3 is 2.22 bits per heavy atom. The van der Waals surface area contributed by atoms with E-state index in [0.29, 0.717) is 6.07 Å². The normalized spacial score (nSPS) is 15.7. The van der Waals surface area contributed by atoms with E-state index in [4.69, 9.17) is 5.73 Å². The Hall–Kier alpha value is -3.43. The van der Waals surface area contributed by atoms with Crippen molar-refractivity contribution < 1.29 is 27.7 Å². The number of alkyl halides is 3. The molecule has 1 fully saturated rings. The van der Waals surface area contributed by atoms with Crippen LogP contribution in [0.25, 0.3) is 0 Å². The predicted octanol–water partition coefficient (Wildman–Crippen LogP) is 4.29. The molecule has 10 heteroatoms. The molecule has 0 radical (unpaired) electrons. The number of nitro benzene ring substituents is 1. The molecular weight excluding hydrogens is 427 g/mol. The van der Waals surface area contributed by atoms with Crippen molar-refractivity contribution in [2.75, 3.05) is 0 Å². The van der Waals surface area contributed by atoms with Gasteiger partial charge in [0.25, 0.3) is 5.69 Å². The first-order valence-corrected chi connectivity index (χ1v) is 10.1. The van der Waals surface area contributed by atoms with Crippen LogP contribution in [0.1, 0.15) is 65.1 Å². The minimum Gasteiger partial charge on any atom is -0.366 e. The second-order valence-corrected chi connectivity index (χ2v) is 7.79. The lowest BCUT2D eigenvalue weighted by atomic mass is 9.85. The number of non-ortho nitro benzene ring substituents is 1. The third-order valence-corrected chi connectivity index (χ3v) is 5.61. The highest BCUT2D eigenvalue weighted by Gasteiger charge is 2.38. The SMILES string of the molecule is NC(=O)c1ccc(C(C(=O)NC2CCCCC2)c2ccc([N+](=O)[O-])cc2)c(C(F)(F)F)c1. The summed E-state index contributed by atoms with van der Waals surface area (Å²) in [5.41, 5.74) is 3.21. The zero-order valence-corrected chi connectivity index (χ0v) is 17.0. The number of nitro groups is 1. The summed E-state index contributed by atoms with van der Waals surface area (Å²) in [6.45, 7) is 0. The first kappa shape index (κ1) is 23.2. The van der Waals surface area contributed by atoms with Crippen molar-refractivity contribution in [3.05, 3.63) is 74.8 Å². The minimum atomic E-state index is -4.86. The summed E-state index contributed by atoms with van der Waals surface area (Å²) in [5.74, 6) is -3.04. The fraction of sp³-hybridized carbons (Fsp3) is 0.364. The van der Waals surface area contributed by atoms with Gasteiger partial charge in [0, 0.05) is 23.7 Å². The maximum Gasteiger partial charge on any atom is 0.416 e. The van der Waals surface area contributed by atoms with Crippen LogP contribution in [0.3, 0.4) is 0 Å². The van der Waals surface area contributed by atoms with Crippen LogP contribution in [0.2, 0.25) is 0 Å². The quantitative estimate of drug-likeness (QED) is 0.505. The molecule has 0 saturated heterocycles. The standard InChI is InChI=1S/C22H22F3N3O4/c23-22(24,25)18-12-14(20(26)29)8-11-17(18)19(13-6-9-16(10-7-13)28(31)32)21(30)27-15-4-2-1-3-5-15/h6-12,15,19H,1-5H2,(H2,26,29)(H,27,30). The summed E-state index contributed by atoms with van der Waals surface area (Å²) in [5, 5.41) is 13.8. The van der Waals surface area contributed by atoms with Gasteiger partial charge >= 0.3 is 6.18 Å². The van der Waals surface area contributed by atoms with Gasteiger partial charge in [0.15, 0.2) is 0 Å². The molecule has 0 heterocycles. The number of rotatable bonds is 6. The Kier molecular flexibility index (Phi) is 6.81. The second kappa shape index (κ2) is 9.37. The second-order valence-electron chi connectivity index (χ2n) is 7.79. The third kappa shape index (κ3) is 5.24. The first-order valence-electron chi connectivity index (χ1n) is 10.1. The van der Waals surface area contributed by atoms with Gasteiger partial charge in [-0.25, -0.2) is 0 Å². The van der Waals surface area contributed by atoms with Crippen LogP contribution in [0.5, 0.6) is 0 Å². The Labute approximate surface area is 181 Å². The van der Waals surface area contributed by atoms with Crippen molar-refractivity contribution in [2.24, 2.45) is 5.73 Å². The molecule has 32 heavy (non-hydrogen) atoms. The Bertz CT molecular complexity index is 1020. The molecule has 2 aromatic rings. The average molecular weight is 449 g/mol. The smallest absolute Gasteiger partial charge is 0.366 e. The lowest BCUT2D eigenvalue weighted by Gasteiger charge is -2.27. The van der Waals surface area contributed by atoms with E-state index in [1.165, 1.54) is 12.1 Å². The van der Waals surface area contributed by atoms with E-state index in [-0.39, 0.29) is 28.4 Å². The Morgan fingerprint density at radius 2 is 1.69 bits per heavy atom. The number of nitrogens with one attached hydrogen (secondary N) is 1. The summed E-state index contributed by atoms with van der Waals surface area (Å²) in [7, 11) is 0. The molecule has 1 aliphatic carbocycles. The molecule has 0 aromatic heterocycles. The summed E-state index contributed by atoms with van der Waals surface area (Å²) in [6.07, 6.45) is -0.546. The van der Waals surface area contributed by atoms with Crippen LogP contribution in [0.15, 0.2) is 42.5 Å². The number of hydrogen-bond donors (Lipinski definition) is 2. The van der Waals surface area contributed by atoms with E-state index in [1.54, 1.807) is 0 Å². The fourth-order valence-electron chi connectivity index (χ4n) is 4.00. The van der Waals surface area contributed by atoms with E-state index in [9.17, 15) is 32.9 Å². The number of hydrogen-bond acceptors (Lipinski definition) is 4. The zero-order valence-electron chi connectivity index (χ0n) is 17.0. The molecule has 2 aromatic carbocycles. The van der Waals surface area contributed by atoms with Gasteiger partial charge in [-0.3, -0.25) is 19.7 Å². The van der Waals surface area contributed by atoms with Crippen LogP contribution < -0.4 is 11.1 Å². The van der Waals surface area contributed by atoms with Crippen LogP contribution in [0, 0.1) is 10.1 Å². The van der Waals surface area contributed by atoms with Gasteiger partial charge in [0.1, 0.15) is 0 Å². The van der Waals surface area contributed by atoms with Gasteiger partial charge in [-0.05, 0) is 36.1 Å².